The van der Waals surface area contributed by atoms with Crippen molar-refractivity contribution in [3.05, 3.63) is 58.7 Å². The van der Waals surface area contributed by atoms with Crippen LogP contribution < -0.4 is 10.1 Å². The van der Waals surface area contributed by atoms with Gasteiger partial charge in [-0.3, -0.25) is 4.79 Å². The van der Waals surface area contributed by atoms with E-state index in [0.29, 0.717) is 0 Å². The van der Waals surface area contributed by atoms with E-state index in [1.807, 2.05) is 38.1 Å². The number of carbonyl (C=O) groups is 1. The van der Waals surface area contributed by atoms with Crippen LogP contribution in [0, 0.1) is 13.8 Å². The zero-order valence-corrected chi connectivity index (χ0v) is 14.4. The number of amides is 1. The molecule has 0 aromatic heterocycles. The molecule has 1 N–H and O–H groups in total. The maximum absolute atomic E-state index is 12.3. The van der Waals surface area contributed by atoms with Crippen molar-refractivity contribution in [1.29, 1.82) is 0 Å². The number of aryl methyl sites for hydroxylation is 4. The molecule has 0 aliphatic heterocycles. The highest BCUT2D eigenvalue weighted by molar-refractivity contribution is 5.93. The summed E-state index contributed by atoms with van der Waals surface area (Å²) in [5, 5.41) is 3.03. The fourth-order valence-electron chi connectivity index (χ4n) is 2.74. The summed E-state index contributed by atoms with van der Waals surface area (Å²) in [6.07, 6.45) is 1.78. The predicted octanol–water partition coefficient (Wildman–Crippen LogP) is 4.45. The average molecular weight is 311 g/mol. The normalized spacial score (nSPS) is 10.4. The second-order valence-corrected chi connectivity index (χ2v) is 5.72. The summed E-state index contributed by atoms with van der Waals surface area (Å²) in [6.45, 7) is 8.19. The molecule has 0 unspecified atom stereocenters. The van der Waals surface area contributed by atoms with Gasteiger partial charge in [-0.1, -0.05) is 50.2 Å². The van der Waals surface area contributed by atoms with Crippen LogP contribution >= 0.6 is 0 Å². The van der Waals surface area contributed by atoms with E-state index in [4.69, 9.17) is 4.74 Å². The molecule has 2 aromatic carbocycles. The molecule has 0 spiro atoms. The maximum atomic E-state index is 12.3. The van der Waals surface area contributed by atoms with E-state index in [0.717, 1.165) is 46.5 Å². The minimum absolute atomic E-state index is 0.0207. The number of para-hydroxylation sites is 2. The van der Waals surface area contributed by atoms with Crippen LogP contribution in [0.25, 0.3) is 0 Å². The number of rotatable bonds is 6. The van der Waals surface area contributed by atoms with Gasteiger partial charge in [-0.05, 0) is 48.9 Å². The van der Waals surface area contributed by atoms with Crippen molar-refractivity contribution in [3.8, 4) is 5.75 Å². The second-order valence-electron chi connectivity index (χ2n) is 5.72. The second kappa shape index (κ2) is 7.82. The molecule has 122 valence electrons. The Bertz CT molecular complexity index is 650. The van der Waals surface area contributed by atoms with Crippen molar-refractivity contribution in [3.63, 3.8) is 0 Å². The van der Waals surface area contributed by atoms with Crippen molar-refractivity contribution in [2.24, 2.45) is 0 Å². The number of hydrogen-bond acceptors (Lipinski definition) is 2. The fourth-order valence-corrected chi connectivity index (χ4v) is 2.74. The molecule has 23 heavy (non-hydrogen) atoms. The summed E-state index contributed by atoms with van der Waals surface area (Å²) in [5.41, 5.74) is 5.34. The Labute approximate surface area is 138 Å². The van der Waals surface area contributed by atoms with E-state index >= 15 is 0 Å². The molecule has 3 nitrogen and oxygen atoms in total. The molecule has 0 fully saturated rings. The van der Waals surface area contributed by atoms with Crippen LogP contribution in [0.15, 0.2) is 36.4 Å². The molecule has 0 bridgehead atoms. The molecule has 0 aliphatic rings. The van der Waals surface area contributed by atoms with E-state index in [1.165, 1.54) is 0 Å². The SMILES string of the molecule is CCc1cccc(CC)c1NC(=O)COc1c(C)cccc1C. The van der Waals surface area contributed by atoms with Gasteiger partial charge in [0.1, 0.15) is 5.75 Å². The van der Waals surface area contributed by atoms with Gasteiger partial charge in [-0.2, -0.15) is 0 Å². The highest BCUT2D eigenvalue weighted by atomic mass is 16.5. The van der Waals surface area contributed by atoms with Crippen LogP contribution in [-0.2, 0) is 17.6 Å². The molecule has 0 saturated heterocycles. The van der Waals surface area contributed by atoms with E-state index in [-0.39, 0.29) is 12.5 Å². The molecule has 0 atom stereocenters. The quantitative estimate of drug-likeness (QED) is 0.856. The predicted molar refractivity (Wildman–Crippen MR) is 95.2 cm³/mol. The molecule has 0 radical (unpaired) electrons. The largest absolute Gasteiger partial charge is 0.483 e. The van der Waals surface area contributed by atoms with E-state index in [2.05, 4.69) is 31.3 Å². The van der Waals surface area contributed by atoms with Gasteiger partial charge in [0.25, 0.3) is 5.91 Å². The van der Waals surface area contributed by atoms with Gasteiger partial charge >= 0.3 is 0 Å². The first-order chi connectivity index (χ1) is 11.1. The molecular formula is C20H25NO2. The highest BCUT2D eigenvalue weighted by Crippen LogP contribution is 2.24. The van der Waals surface area contributed by atoms with Gasteiger partial charge in [-0.25, -0.2) is 0 Å². The number of carbonyl (C=O) groups excluding carboxylic acids is 1. The summed E-state index contributed by atoms with van der Waals surface area (Å²) in [6, 6.07) is 12.1. The van der Waals surface area contributed by atoms with Crippen molar-refractivity contribution in [2.75, 3.05) is 11.9 Å². The van der Waals surface area contributed by atoms with Gasteiger partial charge in [0.15, 0.2) is 6.61 Å². The van der Waals surface area contributed by atoms with Crippen LogP contribution in [0.1, 0.15) is 36.1 Å². The number of anilines is 1. The lowest BCUT2D eigenvalue weighted by atomic mass is 10.0. The van der Waals surface area contributed by atoms with Gasteiger partial charge in [0, 0.05) is 5.69 Å². The van der Waals surface area contributed by atoms with Crippen molar-refractivity contribution in [2.45, 2.75) is 40.5 Å². The topological polar surface area (TPSA) is 38.3 Å². The molecule has 1 amide bonds. The highest BCUT2D eigenvalue weighted by Gasteiger charge is 2.11. The van der Waals surface area contributed by atoms with Gasteiger partial charge in [-0.15, -0.1) is 0 Å². The maximum Gasteiger partial charge on any atom is 0.262 e. The van der Waals surface area contributed by atoms with Crippen LogP contribution in [0.5, 0.6) is 5.75 Å². The number of nitrogens with one attached hydrogen (secondary N) is 1. The Morgan fingerprint density at radius 2 is 1.48 bits per heavy atom. The lowest BCUT2D eigenvalue weighted by Gasteiger charge is -2.16. The standard InChI is InChI=1S/C20H25NO2/c1-5-16-11-8-12-17(6-2)19(16)21-18(22)13-23-20-14(3)9-7-10-15(20)4/h7-12H,5-6,13H2,1-4H3,(H,21,22). The fraction of sp³-hybridized carbons (Fsp3) is 0.350. The molecule has 2 aromatic rings. The monoisotopic (exact) mass is 311 g/mol. The third-order valence-corrected chi connectivity index (χ3v) is 4.02. The Balaban J connectivity index is 2.09. The first kappa shape index (κ1) is 17.1. The lowest BCUT2D eigenvalue weighted by molar-refractivity contribution is -0.118. The zero-order valence-electron chi connectivity index (χ0n) is 14.4. The Kier molecular flexibility index (Phi) is 5.80. The van der Waals surface area contributed by atoms with Crippen molar-refractivity contribution in [1.82, 2.24) is 0 Å². The molecule has 2 rings (SSSR count). The molecule has 3 heteroatoms. The van der Waals surface area contributed by atoms with Crippen LogP contribution in [0.2, 0.25) is 0 Å². The van der Waals surface area contributed by atoms with Crippen LogP contribution in [-0.4, -0.2) is 12.5 Å². The van der Waals surface area contributed by atoms with E-state index < -0.39 is 0 Å². The lowest BCUT2D eigenvalue weighted by Crippen LogP contribution is -2.22. The minimum Gasteiger partial charge on any atom is -0.483 e. The Morgan fingerprint density at radius 1 is 0.957 bits per heavy atom. The van der Waals surface area contributed by atoms with E-state index in [9.17, 15) is 4.79 Å². The number of hydrogen-bond donors (Lipinski definition) is 1. The van der Waals surface area contributed by atoms with Crippen LogP contribution in [0.4, 0.5) is 5.69 Å². The zero-order chi connectivity index (χ0) is 16.8. The molecule has 0 aliphatic carbocycles. The average Bonchev–Trinajstić information content (AvgIpc) is 2.54. The molecule has 0 saturated carbocycles. The summed E-state index contributed by atoms with van der Waals surface area (Å²) < 4.78 is 5.74. The third kappa shape index (κ3) is 4.13. The van der Waals surface area contributed by atoms with Gasteiger partial charge in [0.2, 0.25) is 0 Å². The molecule has 0 heterocycles. The first-order valence-corrected chi connectivity index (χ1v) is 8.16. The van der Waals surface area contributed by atoms with Crippen molar-refractivity contribution >= 4 is 11.6 Å². The van der Waals surface area contributed by atoms with Gasteiger partial charge < -0.3 is 10.1 Å². The summed E-state index contributed by atoms with van der Waals surface area (Å²) >= 11 is 0. The summed E-state index contributed by atoms with van der Waals surface area (Å²) in [5.74, 6) is 0.672. The number of ether oxygens (including phenoxy) is 1. The molecular weight excluding hydrogens is 286 g/mol. The Morgan fingerprint density at radius 3 is 2.00 bits per heavy atom. The minimum atomic E-state index is -0.122. The van der Waals surface area contributed by atoms with Gasteiger partial charge in [0.05, 0.1) is 0 Å². The summed E-state index contributed by atoms with van der Waals surface area (Å²) in [4.78, 5) is 12.3. The Hall–Kier alpha value is -2.29. The smallest absolute Gasteiger partial charge is 0.262 e. The third-order valence-electron chi connectivity index (χ3n) is 4.02. The number of benzene rings is 2. The summed E-state index contributed by atoms with van der Waals surface area (Å²) in [7, 11) is 0. The van der Waals surface area contributed by atoms with E-state index in [1.54, 1.807) is 0 Å². The first-order valence-electron chi connectivity index (χ1n) is 8.16. The van der Waals surface area contributed by atoms with Crippen molar-refractivity contribution < 1.29 is 9.53 Å². The van der Waals surface area contributed by atoms with Crippen LogP contribution in [0.3, 0.4) is 0 Å².